The zero-order valence-corrected chi connectivity index (χ0v) is 13.0. The van der Waals surface area contributed by atoms with Gasteiger partial charge in [-0.1, -0.05) is 6.92 Å². The Morgan fingerprint density at radius 2 is 2.17 bits per heavy atom. The number of hydrogen-bond acceptors (Lipinski definition) is 5. The number of aromatic nitrogens is 3. The van der Waals surface area contributed by atoms with E-state index in [1.165, 1.54) is 17.0 Å². The van der Waals surface area contributed by atoms with Crippen molar-refractivity contribution >= 4 is 16.8 Å². The number of ketones is 1. The van der Waals surface area contributed by atoms with Crippen LogP contribution in [0.15, 0.2) is 38.6 Å². The average Bonchev–Trinajstić information content (AvgIpc) is 3.03. The molecule has 24 heavy (non-hydrogen) atoms. The monoisotopic (exact) mass is 325 g/mol. The highest BCUT2D eigenvalue weighted by Crippen LogP contribution is 2.28. The van der Waals surface area contributed by atoms with Gasteiger partial charge in [0.1, 0.15) is 11.4 Å². The van der Waals surface area contributed by atoms with Gasteiger partial charge in [0.2, 0.25) is 0 Å². The van der Waals surface area contributed by atoms with Crippen molar-refractivity contribution in [3.63, 3.8) is 0 Å². The fourth-order valence-electron chi connectivity index (χ4n) is 3.31. The molecule has 0 aliphatic heterocycles. The first-order valence-electron chi connectivity index (χ1n) is 7.75. The molecule has 1 aliphatic carbocycles. The van der Waals surface area contributed by atoms with Crippen molar-refractivity contribution in [1.82, 2.24) is 14.5 Å². The number of rotatable bonds is 2. The molecule has 122 valence electrons. The summed E-state index contributed by atoms with van der Waals surface area (Å²) in [5.74, 6) is 0.719. The van der Waals surface area contributed by atoms with E-state index in [2.05, 4.69) is 9.97 Å². The minimum Gasteiger partial charge on any atom is -0.467 e. The van der Waals surface area contributed by atoms with Crippen LogP contribution < -0.4 is 11.2 Å². The van der Waals surface area contributed by atoms with Gasteiger partial charge in [-0.3, -0.25) is 19.1 Å². The summed E-state index contributed by atoms with van der Waals surface area (Å²) in [5, 5.41) is 0.318. The molecule has 0 saturated heterocycles. The minimum absolute atomic E-state index is 0.0127. The van der Waals surface area contributed by atoms with Gasteiger partial charge in [0.15, 0.2) is 5.78 Å². The molecule has 1 atom stereocenters. The van der Waals surface area contributed by atoms with Crippen LogP contribution in [0.2, 0.25) is 0 Å². The number of carbonyl (C=O) groups is 1. The zero-order valence-electron chi connectivity index (χ0n) is 13.0. The second kappa shape index (κ2) is 5.30. The summed E-state index contributed by atoms with van der Waals surface area (Å²) in [6.45, 7) is 2.13. The Morgan fingerprint density at radius 1 is 1.33 bits per heavy atom. The molecule has 0 unspecified atom stereocenters. The number of Topliss-reactive ketones (excluding diaryl/α,β-unsaturated/α-hetero) is 1. The third-order valence-corrected chi connectivity index (χ3v) is 4.40. The highest BCUT2D eigenvalue weighted by Gasteiger charge is 2.27. The van der Waals surface area contributed by atoms with Crippen LogP contribution in [0.4, 0.5) is 0 Å². The number of nitrogens with one attached hydrogen (secondary N) is 1. The predicted octanol–water partition coefficient (Wildman–Crippen LogP) is 1.49. The first-order valence-corrected chi connectivity index (χ1v) is 7.75. The Morgan fingerprint density at radius 3 is 2.92 bits per heavy atom. The molecular formula is C17H15N3O4. The van der Waals surface area contributed by atoms with Crippen LogP contribution >= 0.6 is 0 Å². The lowest BCUT2D eigenvalue weighted by Gasteiger charge is -2.21. The van der Waals surface area contributed by atoms with Gasteiger partial charge in [-0.25, -0.2) is 9.78 Å². The van der Waals surface area contributed by atoms with E-state index in [1.54, 1.807) is 12.1 Å². The van der Waals surface area contributed by atoms with E-state index in [0.29, 0.717) is 35.1 Å². The van der Waals surface area contributed by atoms with Crippen LogP contribution in [-0.2, 0) is 13.0 Å². The van der Waals surface area contributed by atoms with E-state index in [4.69, 9.17) is 4.42 Å². The maximum atomic E-state index is 12.4. The molecule has 3 aromatic rings. The smallest absolute Gasteiger partial charge is 0.330 e. The van der Waals surface area contributed by atoms with Crippen LogP contribution in [0.25, 0.3) is 11.0 Å². The number of carbonyl (C=O) groups excluding carboxylic acids is 1. The fraction of sp³-hybridized carbons (Fsp3) is 0.294. The van der Waals surface area contributed by atoms with Gasteiger partial charge in [0.05, 0.1) is 18.2 Å². The van der Waals surface area contributed by atoms with Crippen LogP contribution in [0, 0.1) is 5.92 Å². The maximum Gasteiger partial charge on any atom is 0.330 e. The number of hydrogen-bond donors (Lipinski definition) is 1. The minimum atomic E-state index is -0.550. The molecule has 0 radical (unpaired) electrons. The molecule has 0 bridgehead atoms. The van der Waals surface area contributed by atoms with Gasteiger partial charge < -0.3 is 4.42 Å². The Hall–Kier alpha value is -2.96. The molecule has 0 spiro atoms. The molecule has 1 N–H and O–H groups in total. The third-order valence-electron chi connectivity index (χ3n) is 4.40. The molecule has 7 heteroatoms. The molecular weight excluding hydrogens is 310 g/mol. The molecule has 0 amide bonds. The number of H-pyrrole nitrogens is 1. The van der Waals surface area contributed by atoms with Gasteiger partial charge in [0.25, 0.3) is 5.56 Å². The first kappa shape index (κ1) is 14.6. The molecule has 3 heterocycles. The van der Waals surface area contributed by atoms with Crippen molar-refractivity contribution < 1.29 is 9.21 Å². The van der Waals surface area contributed by atoms with Crippen LogP contribution in [-0.4, -0.2) is 20.3 Å². The molecule has 0 aromatic carbocycles. The third kappa shape index (κ3) is 2.20. The largest absolute Gasteiger partial charge is 0.467 e. The summed E-state index contributed by atoms with van der Waals surface area (Å²) in [5.41, 5.74) is 0.386. The van der Waals surface area contributed by atoms with E-state index < -0.39 is 11.2 Å². The lowest BCUT2D eigenvalue weighted by atomic mass is 9.84. The van der Waals surface area contributed by atoms with Gasteiger partial charge in [0, 0.05) is 18.2 Å². The van der Waals surface area contributed by atoms with Crippen molar-refractivity contribution in [3.05, 3.63) is 62.3 Å². The highest BCUT2D eigenvalue weighted by atomic mass is 16.3. The Balaban J connectivity index is 2.02. The van der Waals surface area contributed by atoms with Gasteiger partial charge in [-0.15, -0.1) is 0 Å². The molecule has 0 saturated carbocycles. The molecule has 0 fully saturated rings. The summed E-state index contributed by atoms with van der Waals surface area (Å²) in [4.78, 5) is 43.4. The van der Waals surface area contributed by atoms with Crippen LogP contribution in [0.3, 0.4) is 0 Å². The number of fused-ring (bicyclic) bond motifs is 3. The van der Waals surface area contributed by atoms with Crippen molar-refractivity contribution in [1.29, 1.82) is 0 Å². The van der Waals surface area contributed by atoms with Gasteiger partial charge in [-0.05, 0) is 30.0 Å². The van der Waals surface area contributed by atoms with Crippen molar-refractivity contribution in [3.8, 4) is 0 Å². The number of nitrogens with zero attached hydrogens (tertiary/aromatic N) is 2. The van der Waals surface area contributed by atoms with Crippen molar-refractivity contribution in [2.75, 3.05) is 0 Å². The molecule has 3 aromatic heterocycles. The Bertz CT molecular complexity index is 1060. The number of furan rings is 1. The summed E-state index contributed by atoms with van der Waals surface area (Å²) >= 11 is 0. The quantitative estimate of drug-likeness (QED) is 0.770. The zero-order chi connectivity index (χ0) is 16.8. The molecule has 1 aliphatic rings. The molecule has 7 nitrogen and oxygen atoms in total. The highest BCUT2D eigenvalue weighted by molar-refractivity contribution is 6.02. The van der Waals surface area contributed by atoms with E-state index in [0.717, 1.165) is 0 Å². The maximum absolute atomic E-state index is 12.4. The summed E-state index contributed by atoms with van der Waals surface area (Å²) < 4.78 is 6.65. The second-order valence-corrected chi connectivity index (χ2v) is 6.21. The lowest BCUT2D eigenvalue weighted by Crippen LogP contribution is -2.33. The number of aromatic amines is 1. The standard InChI is InChI=1S/C17H15N3O4/c1-9-5-11-12(13(21)6-9)7-18-15-14(11)16(22)19-17(23)20(15)8-10-3-2-4-24-10/h2-4,7,9H,5-6,8H2,1H3,(H,19,22,23)/t9-/m0/s1. The topological polar surface area (TPSA) is 98.0 Å². The Kier molecular flexibility index (Phi) is 3.23. The van der Waals surface area contributed by atoms with E-state index >= 15 is 0 Å². The summed E-state index contributed by atoms with van der Waals surface area (Å²) in [6.07, 6.45) is 4.06. The van der Waals surface area contributed by atoms with Gasteiger partial charge in [-0.2, -0.15) is 0 Å². The summed E-state index contributed by atoms with van der Waals surface area (Å²) in [6, 6.07) is 3.47. The van der Waals surface area contributed by atoms with Crippen LogP contribution in [0.5, 0.6) is 0 Å². The predicted molar refractivity (Wildman–Crippen MR) is 86.2 cm³/mol. The van der Waals surface area contributed by atoms with E-state index in [-0.39, 0.29) is 23.9 Å². The average molecular weight is 325 g/mol. The second-order valence-electron chi connectivity index (χ2n) is 6.21. The normalized spacial score (nSPS) is 17.2. The van der Waals surface area contributed by atoms with Crippen LogP contribution in [0.1, 0.15) is 35.0 Å². The first-order chi connectivity index (χ1) is 11.5. The summed E-state index contributed by atoms with van der Waals surface area (Å²) in [7, 11) is 0. The fourth-order valence-corrected chi connectivity index (χ4v) is 3.31. The number of pyridine rings is 1. The van der Waals surface area contributed by atoms with E-state index in [1.807, 2.05) is 6.92 Å². The molecule has 4 rings (SSSR count). The SMILES string of the molecule is C[C@@H]1CC(=O)c2cnc3c(c2C1)c(=O)[nH]c(=O)n3Cc1ccco1. The van der Waals surface area contributed by atoms with Crippen molar-refractivity contribution in [2.24, 2.45) is 5.92 Å². The lowest BCUT2D eigenvalue weighted by molar-refractivity contribution is 0.0953. The Labute approximate surface area is 136 Å². The van der Waals surface area contributed by atoms with E-state index in [9.17, 15) is 14.4 Å². The van der Waals surface area contributed by atoms with Gasteiger partial charge >= 0.3 is 5.69 Å². The van der Waals surface area contributed by atoms with Crippen molar-refractivity contribution in [2.45, 2.75) is 26.3 Å².